The molecule has 2 rings (SSSR count). The zero-order valence-corrected chi connectivity index (χ0v) is 16.4. The highest BCUT2D eigenvalue weighted by molar-refractivity contribution is 5.97. The number of rotatable bonds is 9. The lowest BCUT2D eigenvalue weighted by Crippen LogP contribution is -2.51. The molecule has 154 valence electrons. The van der Waals surface area contributed by atoms with E-state index in [1.165, 1.54) is 24.3 Å². The number of carboxylic acid groups (broad SMARTS) is 1. The van der Waals surface area contributed by atoms with Gasteiger partial charge in [0.05, 0.1) is 12.5 Å². The minimum absolute atomic E-state index is 0.179. The number of hydrogen-bond acceptors (Lipinski definition) is 3. The van der Waals surface area contributed by atoms with Gasteiger partial charge >= 0.3 is 5.97 Å². The normalized spacial score (nSPS) is 13.8. The average molecular weight is 400 g/mol. The highest BCUT2D eigenvalue weighted by Gasteiger charge is 2.29. The van der Waals surface area contributed by atoms with Crippen LogP contribution in [0.2, 0.25) is 0 Å². The van der Waals surface area contributed by atoms with Crippen LogP contribution in [0.3, 0.4) is 0 Å². The van der Waals surface area contributed by atoms with Crippen molar-refractivity contribution in [1.29, 1.82) is 0 Å². The van der Waals surface area contributed by atoms with Crippen LogP contribution in [0.1, 0.15) is 48.7 Å². The van der Waals surface area contributed by atoms with Gasteiger partial charge in [0, 0.05) is 5.56 Å². The molecule has 0 saturated carbocycles. The summed E-state index contributed by atoms with van der Waals surface area (Å²) in [5.41, 5.74) is 0.897. The molecular formula is C22H25FN2O4. The Morgan fingerprint density at radius 3 is 2.17 bits per heavy atom. The van der Waals surface area contributed by atoms with E-state index in [4.69, 9.17) is 0 Å². The van der Waals surface area contributed by atoms with E-state index in [1.807, 2.05) is 13.8 Å². The second-order valence-electron chi connectivity index (χ2n) is 6.91. The lowest BCUT2D eigenvalue weighted by atomic mass is 9.96. The fourth-order valence-corrected chi connectivity index (χ4v) is 2.90. The highest BCUT2D eigenvalue weighted by atomic mass is 19.1. The highest BCUT2D eigenvalue weighted by Crippen LogP contribution is 2.19. The van der Waals surface area contributed by atoms with Crippen molar-refractivity contribution in [2.75, 3.05) is 0 Å². The Labute approximate surface area is 169 Å². The number of carbonyl (C=O) groups excluding carboxylic acids is 2. The van der Waals surface area contributed by atoms with Gasteiger partial charge in [0.1, 0.15) is 11.9 Å². The van der Waals surface area contributed by atoms with Crippen LogP contribution in [0.5, 0.6) is 0 Å². The van der Waals surface area contributed by atoms with Crippen LogP contribution >= 0.6 is 0 Å². The minimum atomic E-state index is -1.10. The van der Waals surface area contributed by atoms with Gasteiger partial charge in [-0.05, 0) is 35.7 Å². The van der Waals surface area contributed by atoms with Gasteiger partial charge in [0.15, 0.2) is 0 Å². The lowest BCUT2D eigenvalue weighted by molar-refractivity contribution is -0.137. The second-order valence-corrected chi connectivity index (χ2v) is 6.91. The predicted molar refractivity (Wildman–Crippen MR) is 107 cm³/mol. The summed E-state index contributed by atoms with van der Waals surface area (Å²) in [6.07, 6.45) is 0.268. The number of amides is 2. The molecule has 2 aromatic rings. The van der Waals surface area contributed by atoms with Crippen molar-refractivity contribution < 1.29 is 23.9 Å². The molecule has 3 N–H and O–H groups in total. The third-order valence-electron chi connectivity index (χ3n) is 4.79. The Morgan fingerprint density at radius 2 is 1.62 bits per heavy atom. The smallest absolute Gasteiger partial charge is 0.305 e. The predicted octanol–water partition coefficient (Wildman–Crippen LogP) is 3.30. The summed E-state index contributed by atoms with van der Waals surface area (Å²) in [5, 5.41) is 14.6. The van der Waals surface area contributed by atoms with Crippen molar-refractivity contribution in [2.45, 2.75) is 38.8 Å². The van der Waals surface area contributed by atoms with E-state index in [-0.39, 0.29) is 18.2 Å². The Kier molecular flexibility index (Phi) is 7.88. The molecule has 0 fully saturated rings. The Hall–Kier alpha value is -3.22. The molecule has 0 unspecified atom stereocenters. The van der Waals surface area contributed by atoms with E-state index < -0.39 is 29.8 Å². The third kappa shape index (κ3) is 6.41. The van der Waals surface area contributed by atoms with Crippen LogP contribution in [0.25, 0.3) is 0 Å². The van der Waals surface area contributed by atoms with Gasteiger partial charge in [-0.1, -0.05) is 50.6 Å². The van der Waals surface area contributed by atoms with Crippen LogP contribution in [0, 0.1) is 11.7 Å². The van der Waals surface area contributed by atoms with Gasteiger partial charge in [0.25, 0.3) is 5.91 Å². The van der Waals surface area contributed by atoms with Gasteiger partial charge in [-0.15, -0.1) is 0 Å². The van der Waals surface area contributed by atoms with Gasteiger partial charge in [-0.25, -0.2) is 4.39 Å². The summed E-state index contributed by atoms with van der Waals surface area (Å²) in [6.45, 7) is 3.73. The topological polar surface area (TPSA) is 95.5 Å². The molecule has 3 atom stereocenters. The minimum Gasteiger partial charge on any atom is -0.481 e. The molecule has 2 aromatic carbocycles. The number of carboxylic acids is 1. The molecule has 0 bridgehead atoms. The number of halogens is 1. The maximum Gasteiger partial charge on any atom is 0.305 e. The fraction of sp³-hybridized carbons (Fsp3) is 0.318. The molecule has 0 aliphatic rings. The molecule has 6 nitrogen and oxygen atoms in total. The van der Waals surface area contributed by atoms with Crippen LogP contribution in [0.15, 0.2) is 54.6 Å². The van der Waals surface area contributed by atoms with Crippen molar-refractivity contribution in [3.8, 4) is 0 Å². The first-order valence-corrected chi connectivity index (χ1v) is 9.45. The van der Waals surface area contributed by atoms with Gasteiger partial charge < -0.3 is 15.7 Å². The molecule has 0 heterocycles. The zero-order valence-electron chi connectivity index (χ0n) is 16.4. The van der Waals surface area contributed by atoms with Crippen molar-refractivity contribution in [1.82, 2.24) is 10.6 Å². The van der Waals surface area contributed by atoms with E-state index in [0.717, 1.165) is 0 Å². The Morgan fingerprint density at radius 1 is 1.00 bits per heavy atom. The second kappa shape index (κ2) is 10.4. The number of carbonyl (C=O) groups is 3. The van der Waals surface area contributed by atoms with Gasteiger partial charge in [-0.2, -0.15) is 0 Å². The third-order valence-corrected chi connectivity index (χ3v) is 4.79. The first kappa shape index (κ1) is 22.1. The summed E-state index contributed by atoms with van der Waals surface area (Å²) < 4.78 is 13.2. The van der Waals surface area contributed by atoms with Gasteiger partial charge in [0.2, 0.25) is 5.91 Å². The number of benzene rings is 2. The summed E-state index contributed by atoms with van der Waals surface area (Å²) >= 11 is 0. The number of nitrogens with one attached hydrogen (secondary N) is 2. The molecule has 0 spiro atoms. The molecule has 0 radical (unpaired) electrons. The molecule has 29 heavy (non-hydrogen) atoms. The van der Waals surface area contributed by atoms with Crippen LogP contribution in [-0.2, 0) is 9.59 Å². The molecule has 0 aromatic heterocycles. The first-order chi connectivity index (χ1) is 13.8. The summed E-state index contributed by atoms with van der Waals surface area (Å²) in [7, 11) is 0. The quantitative estimate of drug-likeness (QED) is 0.602. The van der Waals surface area contributed by atoms with Crippen LogP contribution in [-0.4, -0.2) is 28.9 Å². The number of hydrogen-bond donors (Lipinski definition) is 3. The monoisotopic (exact) mass is 400 g/mol. The summed E-state index contributed by atoms with van der Waals surface area (Å²) in [6, 6.07) is 12.1. The van der Waals surface area contributed by atoms with E-state index in [1.54, 1.807) is 30.3 Å². The van der Waals surface area contributed by atoms with Crippen molar-refractivity contribution >= 4 is 17.8 Å². The van der Waals surface area contributed by atoms with E-state index in [0.29, 0.717) is 17.5 Å². The lowest BCUT2D eigenvalue weighted by Gasteiger charge is -2.26. The summed E-state index contributed by atoms with van der Waals surface area (Å²) in [4.78, 5) is 36.7. The summed E-state index contributed by atoms with van der Waals surface area (Å²) in [5.74, 6) is -2.61. The van der Waals surface area contributed by atoms with Crippen molar-refractivity contribution in [3.05, 3.63) is 71.5 Å². The van der Waals surface area contributed by atoms with E-state index >= 15 is 0 Å². The SMILES string of the molecule is CC[C@H](C)[C@H](NC(=O)c1ccccc1)C(=O)N[C@@H](CC(=O)O)c1ccc(F)cc1. The molecule has 0 aliphatic heterocycles. The van der Waals surface area contributed by atoms with Crippen molar-refractivity contribution in [2.24, 2.45) is 5.92 Å². The molecule has 7 heteroatoms. The van der Waals surface area contributed by atoms with Gasteiger partial charge in [-0.3, -0.25) is 14.4 Å². The first-order valence-electron chi connectivity index (χ1n) is 9.45. The standard InChI is InChI=1S/C22H25FN2O4/c1-3-14(2)20(25-21(28)16-7-5-4-6-8-16)22(29)24-18(13-19(26)27)15-9-11-17(23)12-10-15/h4-12,14,18,20H,3,13H2,1-2H3,(H,24,29)(H,25,28)(H,26,27)/t14-,18-,20-/m0/s1. The van der Waals surface area contributed by atoms with E-state index in [2.05, 4.69) is 10.6 Å². The van der Waals surface area contributed by atoms with E-state index in [9.17, 15) is 23.9 Å². The van der Waals surface area contributed by atoms with Crippen LogP contribution in [0.4, 0.5) is 4.39 Å². The Balaban J connectivity index is 2.20. The Bertz CT molecular complexity index is 840. The average Bonchev–Trinajstić information content (AvgIpc) is 2.71. The number of aliphatic carboxylic acids is 1. The largest absolute Gasteiger partial charge is 0.481 e. The fourth-order valence-electron chi connectivity index (χ4n) is 2.90. The zero-order chi connectivity index (χ0) is 21.4. The molecule has 0 saturated heterocycles. The van der Waals surface area contributed by atoms with Crippen LogP contribution < -0.4 is 10.6 Å². The maximum absolute atomic E-state index is 13.2. The maximum atomic E-state index is 13.2. The molecule has 2 amide bonds. The molecule has 0 aliphatic carbocycles. The van der Waals surface area contributed by atoms with Crippen molar-refractivity contribution in [3.63, 3.8) is 0 Å². The molecular weight excluding hydrogens is 375 g/mol.